The Hall–Kier alpha value is -2.44. The standard InChI is InChI=1S/C24H30N4OS/c1-18(2)17-23(29)25-20-9-7-19(8-10-20)11-12-27-13-15-28(16-14-27)24-21-5-3-4-6-22(21)30-26-24/h3-10,18H,11-17H2,1-2H3,(H,25,29). The molecule has 6 heteroatoms. The summed E-state index contributed by atoms with van der Waals surface area (Å²) in [5, 5.41) is 4.25. The van der Waals surface area contributed by atoms with Gasteiger partial charge in [-0.15, -0.1) is 0 Å². The van der Waals surface area contributed by atoms with Crippen molar-refractivity contribution < 1.29 is 4.79 Å². The summed E-state index contributed by atoms with van der Waals surface area (Å²) in [7, 11) is 0. The molecule has 0 bridgehead atoms. The summed E-state index contributed by atoms with van der Waals surface area (Å²) in [5.74, 6) is 1.60. The van der Waals surface area contributed by atoms with Crippen LogP contribution in [0.4, 0.5) is 11.5 Å². The Bertz CT molecular complexity index is 974. The normalized spacial score (nSPS) is 15.1. The van der Waals surface area contributed by atoms with E-state index in [0.29, 0.717) is 12.3 Å². The van der Waals surface area contributed by atoms with Crippen LogP contribution < -0.4 is 10.2 Å². The van der Waals surface area contributed by atoms with E-state index in [1.54, 1.807) is 11.5 Å². The van der Waals surface area contributed by atoms with Crippen LogP contribution in [-0.4, -0.2) is 47.9 Å². The van der Waals surface area contributed by atoms with E-state index in [4.69, 9.17) is 4.37 Å². The SMILES string of the molecule is CC(C)CC(=O)Nc1ccc(CCN2CCN(c3nsc4ccccc34)CC2)cc1. The Morgan fingerprint density at radius 2 is 1.80 bits per heavy atom. The monoisotopic (exact) mass is 422 g/mol. The zero-order valence-corrected chi connectivity index (χ0v) is 18.6. The van der Waals surface area contributed by atoms with Gasteiger partial charge in [0.05, 0.1) is 4.70 Å². The first-order valence-electron chi connectivity index (χ1n) is 10.8. The summed E-state index contributed by atoms with van der Waals surface area (Å²) in [4.78, 5) is 16.9. The number of anilines is 2. The third-order valence-electron chi connectivity index (χ3n) is 5.58. The molecular formula is C24H30N4OS. The number of nitrogens with zero attached hydrogens (tertiary/aromatic N) is 3. The van der Waals surface area contributed by atoms with Crippen LogP contribution in [0.1, 0.15) is 25.8 Å². The summed E-state index contributed by atoms with van der Waals surface area (Å²) >= 11 is 1.59. The summed E-state index contributed by atoms with van der Waals surface area (Å²) < 4.78 is 5.96. The fourth-order valence-corrected chi connectivity index (χ4v) is 4.70. The van der Waals surface area contributed by atoms with Gasteiger partial charge in [0.2, 0.25) is 5.91 Å². The Balaban J connectivity index is 1.24. The summed E-state index contributed by atoms with van der Waals surface area (Å²) in [6.07, 6.45) is 1.59. The van der Waals surface area contributed by atoms with Crippen LogP contribution in [0.25, 0.3) is 10.1 Å². The molecule has 0 atom stereocenters. The van der Waals surface area contributed by atoms with Crippen LogP contribution in [0.15, 0.2) is 48.5 Å². The maximum absolute atomic E-state index is 11.9. The van der Waals surface area contributed by atoms with Crippen molar-refractivity contribution in [2.75, 3.05) is 42.9 Å². The molecule has 1 amide bonds. The van der Waals surface area contributed by atoms with Crippen LogP contribution in [0.5, 0.6) is 0 Å². The number of piperazine rings is 1. The highest BCUT2D eigenvalue weighted by atomic mass is 32.1. The maximum atomic E-state index is 11.9. The van der Waals surface area contributed by atoms with Crippen molar-refractivity contribution in [3.05, 3.63) is 54.1 Å². The molecule has 2 heterocycles. The first-order valence-corrected chi connectivity index (χ1v) is 11.6. The van der Waals surface area contributed by atoms with Gasteiger partial charge in [-0.25, -0.2) is 0 Å². The predicted molar refractivity (Wildman–Crippen MR) is 127 cm³/mol. The Morgan fingerprint density at radius 1 is 1.07 bits per heavy atom. The molecule has 0 unspecified atom stereocenters. The number of rotatable bonds is 7. The molecule has 5 nitrogen and oxygen atoms in total. The largest absolute Gasteiger partial charge is 0.353 e. The average Bonchev–Trinajstić information content (AvgIpc) is 3.17. The lowest BCUT2D eigenvalue weighted by Gasteiger charge is -2.35. The molecule has 0 radical (unpaired) electrons. The summed E-state index contributed by atoms with van der Waals surface area (Å²) in [6.45, 7) is 9.35. The number of carbonyl (C=O) groups is 1. The molecule has 0 spiro atoms. The van der Waals surface area contributed by atoms with Crippen molar-refractivity contribution in [2.24, 2.45) is 5.92 Å². The van der Waals surface area contributed by atoms with Crippen LogP contribution in [-0.2, 0) is 11.2 Å². The van der Waals surface area contributed by atoms with E-state index in [2.05, 4.69) is 65.4 Å². The molecule has 1 aliphatic heterocycles. The molecule has 1 saturated heterocycles. The van der Waals surface area contributed by atoms with E-state index in [1.165, 1.54) is 15.6 Å². The van der Waals surface area contributed by atoms with Crippen molar-refractivity contribution in [1.82, 2.24) is 9.27 Å². The number of hydrogen-bond donors (Lipinski definition) is 1. The number of aromatic nitrogens is 1. The maximum Gasteiger partial charge on any atom is 0.224 e. The van der Waals surface area contributed by atoms with Gasteiger partial charge in [-0.2, -0.15) is 4.37 Å². The van der Waals surface area contributed by atoms with Crippen LogP contribution in [0, 0.1) is 5.92 Å². The van der Waals surface area contributed by atoms with E-state index in [0.717, 1.165) is 50.6 Å². The van der Waals surface area contributed by atoms with Gasteiger partial charge in [0.15, 0.2) is 0 Å². The molecular weight excluding hydrogens is 392 g/mol. The van der Waals surface area contributed by atoms with E-state index in [-0.39, 0.29) is 5.91 Å². The molecule has 158 valence electrons. The fourth-order valence-electron chi connectivity index (χ4n) is 3.91. The van der Waals surface area contributed by atoms with Crippen LogP contribution in [0.3, 0.4) is 0 Å². The second-order valence-electron chi connectivity index (χ2n) is 8.42. The fraction of sp³-hybridized carbons (Fsp3) is 0.417. The van der Waals surface area contributed by atoms with Gasteiger partial charge >= 0.3 is 0 Å². The zero-order valence-electron chi connectivity index (χ0n) is 17.8. The Labute approximate surface area is 182 Å². The quantitative estimate of drug-likeness (QED) is 0.602. The lowest BCUT2D eigenvalue weighted by atomic mass is 10.1. The number of carbonyl (C=O) groups excluding carboxylic acids is 1. The van der Waals surface area contributed by atoms with Crippen molar-refractivity contribution in [2.45, 2.75) is 26.7 Å². The molecule has 1 aromatic heterocycles. The molecule has 30 heavy (non-hydrogen) atoms. The van der Waals surface area contributed by atoms with Crippen molar-refractivity contribution in [1.29, 1.82) is 0 Å². The Morgan fingerprint density at radius 3 is 2.53 bits per heavy atom. The highest BCUT2D eigenvalue weighted by Crippen LogP contribution is 2.29. The highest BCUT2D eigenvalue weighted by Gasteiger charge is 2.20. The third-order valence-corrected chi connectivity index (χ3v) is 6.40. The van der Waals surface area contributed by atoms with E-state index >= 15 is 0 Å². The third kappa shape index (κ3) is 5.18. The smallest absolute Gasteiger partial charge is 0.224 e. The molecule has 2 aromatic carbocycles. The molecule has 0 saturated carbocycles. The minimum atomic E-state index is 0.0866. The summed E-state index contributed by atoms with van der Waals surface area (Å²) in [5.41, 5.74) is 2.19. The van der Waals surface area contributed by atoms with Crippen molar-refractivity contribution in [3.8, 4) is 0 Å². The van der Waals surface area contributed by atoms with Crippen molar-refractivity contribution in [3.63, 3.8) is 0 Å². The zero-order chi connectivity index (χ0) is 20.9. The van der Waals surface area contributed by atoms with Gasteiger partial charge in [0, 0.05) is 50.2 Å². The van der Waals surface area contributed by atoms with Gasteiger partial charge in [0.25, 0.3) is 0 Å². The molecule has 1 fully saturated rings. The van der Waals surface area contributed by atoms with E-state index < -0.39 is 0 Å². The molecule has 0 aliphatic carbocycles. The molecule has 1 aliphatic rings. The minimum Gasteiger partial charge on any atom is -0.353 e. The lowest BCUT2D eigenvalue weighted by Crippen LogP contribution is -2.47. The van der Waals surface area contributed by atoms with E-state index in [1.807, 2.05) is 12.1 Å². The van der Waals surface area contributed by atoms with Gasteiger partial charge in [-0.1, -0.05) is 38.1 Å². The molecule has 3 aromatic rings. The Kier molecular flexibility index (Phi) is 6.65. The predicted octanol–water partition coefficient (Wildman–Crippen LogP) is 4.65. The summed E-state index contributed by atoms with van der Waals surface area (Å²) in [6, 6.07) is 16.8. The van der Waals surface area contributed by atoms with Gasteiger partial charge < -0.3 is 10.2 Å². The number of benzene rings is 2. The van der Waals surface area contributed by atoms with Gasteiger partial charge in [-0.05, 0) is 53.7 Å². The van der Waals surface area contributed by atoms with E-state index in [9.17, 15) is 4.79 Å². The minimum absolute atomic E-state index is 0.0866. The number of amides is 1. The first kappa shape index (κ1) is 20.8. The van der Waals surface area contributed by atoms with Crippen LogP contribution >= 0.6 is 11.5 Å². The second-order valence-corrected chi connectivity index (χ2v) is 9.23. The number of fused-ring (bicyclic) bond motifs is 1. The highest BCUT2D eigenvalue weighted by molar-refractivity contribution is 7.13. The van der Waals surface area contributed by atoms with Crippen LogP contribution in [0.2, 0.25) is 0 Å². The molecule has 4 rings (SSSR count). The lowest BCUT2D eigenvalue weighted by molar-refractivity contribution is -0.116. The topological polar surface area (TPSA) is 48.5 Å². The first-order chi connectivity index (χ1) is 14.6. The van der Waals surface area contributed by atoms with Gasteiger partial charge in [-0.3, -0.25) is 9.69 Å². The molecule has 1 N–H and O–H groups in total. The van der Waals surface area contributed by atoms with Crippen molar-refractivity contribution >= 4 is 39.0 Å². The number of hydrogen-bond acceptors (Lipinski definition) is 5. The average molecular weight is 423 g/mol. The second kappa shape index (κ2) is 9.58. The number of nitrogens with one attached hydrogen (secondary N) is 1. The van der Waals surface area contributed by atoms with Gasteiger partial charge in [0.1, 0.15) is 5.82 Å².